The van der Waals surface area contributed by atoms with E-state index in [9.17, 15) is 34.4 Å². The summed E-state index contributed by atoms with van der Waals surface area (Å²) in [7, 11) is -8.11. The molecule has 0 aliphatic carbocycles. The Morgan fingerprint density at radius 3 is 2.33 bits per heavy atom. The van der Waals surface area contributed by atoms with Crippen LogP contribution >= 0.6 is 11.6 Å². The van der Waals surface area contributed by atoms with Gasteiger partial charge >= 0.3 is 6.18 Å². The van der Waals surface area contributed by atoms with Gasteiger partial charge in [0.05, 0.1) is 45.7 Å². The first-order valence-corrected chi connectivity index (χ1v) is 16.4. The monoisotopic (exact) mass is 643 g/mol. The number of fused-ring (bicyclic) bond motifs is 3. The van der Waals surface area contributed by atoms with Crippen LogP contribution in [0.2, 0.25) is 5.02 Å². The van der Waals surface area contributed by atoms with Crippen molar-refractivity contribution in [3.63, 3.8) is 0 Å². The summed E-state index contributed by atoms with van der Waals surface area (Å²) in [6.45, 7) is 1.91. The number of hydrogen-bond acceptors (Lipinski definition) is 5. The molecule has 1 atom stereocenters. The number of rotatable bonds is 5. The van der Waals surface area contributed by atoms with Gasteiger partial charge in [-0.1, -0.05) is 35.9 Å². The molecule has 3 aromatic carbocycles. The van der Waals surface area contributed by atoms with Crippen molar-refractivity contribution < 1.29 is 34.4 Å². The minimum absolute atomic E-state index is 0.000566. The molecule has 0 N–H and O–H groups in total. The predicted molar refractivity (Wildman–Crippen MR) is 155 cm³/mol. The van der Waals surface area contributed by atoms with E-state index in [2.05, 4.69) is 0 Å². The van der Waals surface area contributed by atoms with Gasteiger partial charge in [0, 0.05) is 25.2 Å². The van der Waals surface area contributed by atoms with Gasteiger partial charge in [0.1, 0.15) is 5.82 Å². The van der Waals surface area contributed by atoms with Crippen LogP contribution in [0, 0.1) is 5.82 Å². The molecule has 0 aromatic heterocycles. The first kappa shape index (κ1) is 30.3. The van der Waals surface area contributed by atoms with Crippen LogP contribution in [-0.2, 0) is 26.2 Å². The molecule has 1 saturated heterocycles. The summed E-state index contributed by atoms with van der Waals surface area (Å²) >= 11 is 6.22. The molecule has 3 aromatic rings. The number of allylic oxidation sites excluding steroid dienone is 1. The van der Waals surface area contributed by atoms with Crippen molar-refractivity contribution in [3.8, 4) is 0 Å². The highest BCUT2D eigenvalue weighted by molar-refractivity contribution is 7.92. The molecule has 0 unspecified atom stereocenters. The number of hydrogen-bond donors (Lipinski definition) is 0. The van der Waals surface area contributed by atoms with E-state index >= 15 is 0 Å². The maximum absolute atomic E-state index is 14.6. The van der Waals surface area contributed by atoms with Crippen molar-refractivity contribution in [1.29, 1.82) is 0 Å². The molecule has 7 nitrogen and oxygen atoms in total. The minimum atomic E-state index is -4.76. The molecule has 1 fully saturated rings. The molecule has 42 heavy (non-hydrogen) atoms. The topological polar surface area (TPSA) is 78.0 Å². The first-order valence-electron chi connectivity index (χ1n) is 12.8. The molecular formula is C28H26ClF4N3O4S2. The molecule has 2 aliphatic rings. The lowest BCUT2D eigenvalue weighted by atomic mass is 10.0. The van der Waals surface area contributed by atoms with Gasteiger partial charge in [0.15, 0.2) is 0 Å². The van der Waals surface area contributed by atoms with Crippen molar-refractivity contribution >= 4 is 54.7 Å². The van der Waals surface area contributed by atoms with Crippen LogP contribution in [0.25, 0.3) is 11.6 Å². The van der Waals surface area contributed by atoms with E-state index in [1.807, 2.05) is 4.90 Å². The minimum Gasteiger partial charge on any atom is -0.362 e. The Kier molecular flexibility index (Phi) is 7.84. The number of nitrogens with zero attached hydrogens (tertiary/aromatic N) is 3. The summed E-state index contributed by atoms with van der Waals surface area (Å²) in [4.78, 5) is 1.35. The predicted octanol–water partition coefficient (Wildman–Crippen LogP) is 5.72. The van der Waals surface area contributed by atoms with E-state index in [4.69, 9.17) is 11.6 Å². The van der Waals surface area contributed by atoms with Gasteiger partial charge in [0.2, 0.25) is 10.0 Å². The number of halogens is 5. The summed E-state index contributed by atoms with van der Waals surface area (Å²) < 4.78 is 110. The number of benzene rings is 3. The Balaban J connectivity index is 1.63. The second kappa shape index (κ2) is 10.9. The van der Waals surface area contributed by atoms with E-state index in [-0.39, 0.29) is 42.5 Å². The molecule has 14 heteroatoms. The molecule has 0 bridgehead atoms. The summed E-state index contributed by atoms with van der Waals surface area (Å²) in [5.74, 6) is -0.533. The molecular weight excluding hydrogens is 618 g/mol. The fraction of sp³-hybridized carbons (Fsp3) is 0.286. The second-order valence-corrected chi connectivity index (χ2v) is 14.5. The highest BCUT2D eigenvalue weighted by Crippen LogP contribution is 2.42. The zero-order chi connectivity index (χ0) is 30.6. The van der Waals surface area contributed by atoms with Crippen LogP contribution in [0.15, 0.2) is 65.6 Å². The molecule has 0 radical (unpaired) electrons. The largest absolute Gasteiger partial charge is 0.416 e. The fourth-order valence-electron chi connectivity index (χ4n) is 5.35. The number of piperazine rings is 1. The van der Waals surface area contributed by atoms with Crippen molar-refractivity contribution in [2.24, 2.45) is 0 Å². The van der Waals surface area contributed by atoms with Crippen molar-refractivity contribution in [1.82, 2.24) is 4.31 Å². The van der Waals surface area contributed by atoms with Gasteiger partial charge in [-0.05, 0) is 60.5 Å². The average Bonchev–Trinajstić information content (AvgIpc) is 2.91. The SMILES string of the molecule is C/C(=C\c1ccc2c(c1)N(S(=O)(=O)c1cccc(C(F)(F)F)c1)C[C@@H]1CN(S(C)(=O)=O)CCN21)c1c(F)cccc1Cl. The van der Waals surface area contributed by atoms with E-state index in [0.29, 0.717) is 22.9 Å². The third kappa shape index (κ3) is 5.75. The van der Waals surface area contributed by atoms with Crippen molar-refractivity contribution in [2.45, 2.75) is 24.0 Å². The van der Waals surface area contributed by atoms with Crippen LogP contribution in [-0.4, -0.2) is 59.6 Å². The highest BCUT2D eigenvalue weighted by Gasteiger charge is 2.42. The van der Waals surface area contributed by atoms with Gasteiger partial charge in [-0.3, -0.25) is 4.31 Å². The maximum atomic E-state index is 14.6. The molecule has 2 heterocycles. The molecule has 0 spiro atoms. The quantitative estimate of drug-likeness (QED) is 0.263. The standard InChI is InChI=1S/C28H26ClF4N3O4S2/c1-18(27-23(29)7-4-8-24(27)30)13-19-9-10-25-26(14-19)36(17-21-16-34(41(2,37)38)11-12-35(21)25)42(39,40)22-6-3-5-20(15-22)28(31,32)33/h3-10,13-15,21H,11-12,16-17H2,1-2H3/b18-13+/t21-/m0/s1. The van der Waals surface area contributed by atoms with E-state index < -0.39 is 48.5 Å². The van der Waals surface area contributed by atoms with Crippen molar-refractivity contribution in [2.75, 3.05) is 41.6 Å². The van der Waals surface area contributed by atoms with Gasteiger partial charge in [0.25, 0.3) is 10.0 Å². The highest BCUT2D eigenvalue weighted by atomic mass is 35.5. The second-order valence-electron chi connectivity index (χ2n) is 10.2. The summed E-state index contributed by atoms with van der Waals surface area (Å²) in [6, 6.07) is 12.1. The normalized spacial score (nSPS) is 18.5. The maximum Gasteiger partial charge on any atom is 0.416 e. The molecule has 0 saturated carbocycles. The van der Waals surface area contributed by atoms with Crippen molar-refractivity contribution in [3.05, 3.63) is 88.2 Å². The van der Waals surface area contributed by atoms with Crippen LogP contribution in [0.1, 0.15) is 23.6 Å². The zero-order valence-corrected chi connectivity index (χ0v) is 24.8. The van der Waals surface area contributed by atoms with Gasteiger partial charge in [-0.15, -0.1) is 0 Å². The fourth-order valence-corrected chi connectivity index (χ4v) is 8.07. The summed E-state index contributed by atoms with van der Waals surface area (Å²) in [6.07, 6.45) is -2.06. The third-order valence-corrected chi connectivity index (χ3v) is 10.7. The lowest BCUT2D eigenvalue weighted by Gasteiger charge is -2.48. The number of anilines is 2. The summed E-state index contributed by atoms with van der Waals surface area (Å²) in [5.41, 5.74) is 0.731. The van der Waals surface area contributed by atoms with Gasteiger partial charge in [-0.25, -0.2) is 21.2 Å². The third-order valence-electron chi connectivity index (χ3n) is 7.36. The zero-order valence-electron chi connectivity index (χ0n) is 22.4. The Morgan fingerprint density at radius 1 is 0.952 bits per heavy atom. The molecule has 224 valence electrons. The Hall–Kier alpha value is -3.13. The van der Waals surface area contributed by atoms with Crippen LogP contribution in [0.4, 0.5) is 28.9 Å². The molecule has 2 aliphatic heterocycles. The van der Waals surface area contributed by atoms with E-state index in [1.54, 1.807) is 37.3 Å². The van der Waals surface area contributed by atoms with E-state index in [0.717, 1.165) is 28.8 Å². The lowest BCUT2D eigenvalue weighted by molar-refractivity contribution is -0.137. The Labute approximate surface area is 246 Å². The molecule has 5 rings (SSSR count). The smallest absolute Gasteiger partial charge is 0.362 e. The number of alkyl halides is 3. The van der Waals surface area contributed by atoms with Crippen LogP contribution in [0.3, 0.4) is 0 Å². The molecule has 0 amide bonds. The lowest BCUT2D eigenvalue weighted by Crippen LogP contribution is -2.61. The first-order chi connectivity index (χ1) is 19.6. The van der Waals surface area contributed by atoms with Crippen LogP contribution in [0.5, 0.6) is 0 Å². The van der Waals surface area contributed by atoms with E-state index in [1.165, 1.54) is 16.4 Å². The number of sulfonamides is 2. The van der Waals surface area contributed by atoms with Gasteiger partial charge in [-0.2, -0.15) is 17.5 Å². The summed E-state index contributed by atoms with van der Waals surface area (Å²) in [5, 5.41) is 0.196. The Morgan fingerprint density at radius 2 is 1.67 bits per heavy atom. The Bertz CT molecular complexity index is 1780. The van der Waals surface area contributed by atoms with Crippen LogP contribution < -0.4 is 9.21 Å². The average molecular weight is 644 g/mol. The van der Waals surface area contributed by atoms with Gasteiger partial charge < -0.3 is 4.90 Å².